The number of carbonyl (C=O) groups excluding carboxylic acids is 1. The van der Waals surface area contributed by atoms with E-state index in [9.17, 15) is 4.79 Å². The Balaban J connectivity index is 1.61. The molecule has 1 fully saturated rings. The van der Waals surface area contributed by atoms with E-state index in [1.54, 1.807) is 19.4 Å². The molecule has 1 N–H and O–H groups in total. The Bertz CT molecular complexity index is 738. The van der Waals surface area contributed by atoms with Crippen LogP contribution in [0.2, 0.25) is 0 Å². The van der Waals surface area contributed by atoms with Gasteiger partial charge in [-0.1, -0.05) is 12.1 Å². The zero-order valence-corrected chi connectivity index (χ0v) is 15.6. The van der Waals surface area contributed by atoms with Crippen molar-refractivity contribution < 1.29 is 9.53 Å². The van der Waals surface area contributed by atoms with Gasteiger partial charge < -0.3 is 19.9 Å². The van der Waals surface area contributed by atoms with E-state index in [2.05, 4.69) is 35.1 Å². The highest BCUT2D eigenvalue weighted by molar-refractivity contribution is 5.92. The minimum absolute atomic E-state index is 0.0132. The van der Waals surface area contributed by atoms with Gasteiger partial charge in [0.1, 0.15) is 11.4 Å². The van der Waals surface area contributed by atoms with E-state index in [-0.39, 0.29) is 5.91 Å². The van der Waals surface area contributed by atoms with Crippen LogP contribution in [0, 0.1) is 0 Å². The molecular weight excluding hydrogens is 328 g/mol. The van der Waals surface area contributed by atoms with Crippen molar-refractivity contribution in [3.05, 3.63) is 48.3 Å². The highest BCUT2D eigenvalue weighted by Crippen LogP contribution is 2.28. The molecule has 1 aliphatic heterocycles. The number of hydrogen-bond donors (Lipinski definition) is 1. The number of anilines is 2. The van der Waals surface area contributed by atoms with Gasteiger partial charge in [0.2, 0.25) is 0 Å². The van der Waals surface area contributed by atoms with Crippen LogP contribution in [0.15, 0.2) is 42.6 Å². The number of hydrogen-bond acceptors (Lipinski definition) is 5. The molecule has 138 valence electrons. The van der Waals surface area contributed by atoms with Gasteiger partial charge in [-0.15, -0.1) is 0 Å². The summed E-state index contributed by atoms with van der Waals surface area (Å²) in [6.07, 6.45) is 1.72. The highest BCUT2D eigenvalue weighted by Gasteiger charge is 2.24. The Hall–Kier alpha value is -2.76. The molecule has 6 heteroatoms. The monoisotopic (exact) mass is 354 g/mol. The van der Waals surface area contributed by atoms with Crippen molar-refractivity contribution in [3.63, 3.8) is 0 Å². The number of nitrogens with zero attached hydrogens (tertiary/aromatic N) is 3. The maximum absolute atomic E-state index is 12.7. The van der Waals surface area contributed by atoms with Crippen LogP contribution in [-0.2, 0) is 0 Å². The first-order valence-corrected chi connectivity index (χ1v) is 8.98. The lowest BCUT2D eigenvalue weighted by atomic mass is 10.2. The van der Waals surface area contributed by atoms with Crippen molar-refractivity contribution in [3.8, 4) is 5.75 Å². The third-order valence-electron chi connectivity index (χ3n) is 4.43. The van der Waals surface area contributed by atoms with Gasteiger partial charge in [0, 0.05) is 32.2 Å². The predicted molar refractivity (Wildman–Crippen MR) is 104 cm³/mol. The number of aromatic nitrogens is 1. The average molecular weight is 354 g/mol. The second-order valence-electron chi connectivity index (χ2n) is 6.68. The minimum atomic E-state index is -0.0132. The van der Waals surface area contributed by atoms with Gasteiger partial charge in [-0.05, 0) is 38.1 Å². The number of nitrogens with one attached hydrogen (secondary N) is 1. The van der Waals surface area contributed by atoms with Gasteiger partial charge in [0.05, 0.1) is 24.7 Å². The van der Waals surface area contributed by atoms with Gasteiger partial charge in [-0.2, -0.15) is 0 Å². The molecule has 1 amide bonds. The largest absolute Gasteiger partial charge is 0.495 e. The van der Waals surface area contributed by atoms with Crippen LogP contribution in [0.5, 0.6) is 5.75 Å². The van der Waals surface area contributed by atoms with Crippen molar-refractivity contribution >= 4 is 17.3 Å². The normalized spacial score (nSPS) is 14.5. The molecule has 2 aromatic rings. The summed E-state index contributed by atoms with van der Waals surface area (Å²) in [5.74, 6) is 0.850. The molecule has 0 spiro atoms. The fourth-order valence-electron chi connectivity index (χ4n) is 3.14. The third-order valence-corrected chi connectivity index (χ3v) is 4.43. The van der Waals surface area contributed by atoms with Crippen LogP contribution in [-0.4, -0.2) is 55.1 Å². The summed E-state index contributed by atoms with van der Waals surface area (Å²) in [5.41, 5.74) is 2.49. The Kier molecular flexibility index (Phi) is 5.61. The highest BCUT2D eigenvalue weighted by atomic mass is 16.5. The number of methoxy groups -OCH3 is 1. The minimum Gasteiger partial charge on any atom is -0.495 e. The van der Waals surface area contributed by atoms with Crippen molar-refractivity contribution in [1.29, 1.82) is 0 Å². The number of carbonyl (C=O) groups is 1. The molecule has 0 atom stereocenters. The molecule has 2 heterocycles. The molecule has 0 radical (unpaired) electrons. The van der Waals surface area contributed by atoms with Gasteiger partial charge >= 0.3 is 0 Å². The van der Waals surface area contributed by atoms with Crippen LogP contribution in [0.4, 0.5) is 11.4 Å². The summed E-state index contributed by atoms with van der Waals surface area (Å²) < 4.78 is 5.44. The quantitative estimate of drug-likeness (QED) is 0.895. The van der Waals surface area contributed by atoms with E-state index in [1.165, 1.54) is 0 Å². The SMILES string of the molecule is COc1ccccc1N1CCN(C(=O)c2ccc(NC(C)C)cn2)CC1. The zero-order valence-electron chi connectivity index (χ0n) is 15.6. The van der Waals surface area contributed by atoms with Crippen LogP contribution in [0.1, 0.15) is 24.3 Å². The molecular formula is C20H26N4O2. The summed E-state index contributed by atoms with van der Waals surface area (Å²) in [6.45, 7) is 7.04. The van der Waals surface area contributed by atoms with Crippen LogP contribution in [0.3, 0.4) is 0 Å². The van der Waals surface area contributed by atoms with E-state index < -0.39 is 0 Å². The summed E-state index contributed by atoms with van der Waals surface area (Å²) in [4.78, 5) is 21.1. The molecule has 0 aliphatic carbocycles. The Morgan fingerprint density at radius 3 is 2.46 bits per heavy atom. The van der Waals surface area contributed by atoms with Crippen molar-refractivity contribution in [2.45, 2.75) is 19.9 Å². The van der Waals surface area contributed by atoms with Gasteiger partial charge in [-0.3, -0.25) is 4.79 Å². The van der Waals surface area contributed by atoms with Crippen molar-refractivity contribution in [2.24, 2.45) is 0 Å². The first-order valence-electron chi connectivity index (χ1n) is 8.98. The smallest absolute Gasteiger partial charge is 0.272 e. The van der Waals surface area contributed by atoms with E-state index in [0.29, 0.717) is 24.8 Å². The Morgan fingerprint density at radius 2 is 1.85 bits per heavy atom. The third kappa shape index (κ3) is 4.07. The van der Waals surface area contributed by atoms with Crippen molar-refractivity contribution in [2.75, 3.05) is 43.5 Å². The van der Waals surface area contributed by atoms with Gasteiger partial charge in [0.25, 0.3) is 5.91 Å². The van der Waals surface area contributed by atoms with Gasteiger partial charge in [0.15, 0.2) is 0 Å². The molecule has 1 aromatic heterocycles. The molecule has 1 aromatic carbocycles. The predicted octanol–water partition coefficient (Wildman–Crippen LogP) is 2.87. The molecule has 1 aliphatic rings. The van der Waals surface area contributed by atoms with Crippen LogP contribution in [0.25, 0.3) is 0 Å². The molecule has 1 saturated heterocycles. The molecule has 26 heavy (non-hydrogen) atoms. The number of ether oxygens (including phenoxy) is 1. The van der Waals surface area contributed by atoms with E-state index in [0.717, 1.165) is 30.2 Å². The molecule has 6 nitrogen and oxygen atoms in total. The fraction of sp³-hybridized carbons (Fsp3) is 0.400. The standard InChI is InChI=1S/C20H26N4O2/c1-15(2)22-16-8-9-17(21-14-16)20(25)24-12-10-23(11-13-24)18-6-4-5-7-19(18)26-3/h4-9,14-15,22H,10-13H2,1-3H3. The lowest BCUT2D eigenvalue weighted by Gasteiger charge is -2.36. The maximum Gasteiger partial charge on any atom is 0.272 e. The zero-order chi connectivity index (χ0) is 18.5. The number of benzene rings is 1. The van der Waals surface area contributed by atoms with E-state index in [4.69, 9.17) is 4.74 Å². The van der Waals surface area contributed by atoms with Crippen LogP contribution < -0.4 is 15.0 Å². The number of para-hydroxylation sites is 2. The average Bonchev–Trinajstić information content (AvgIpc) is 2.67. The number of amides is 1. The van der Waals surface area contributed by atoms with Gasteiger partial charge in [-0.25, -0.2) is 4.98 Å². The van der Waals surface area contributed by atoms with E-state index >= 15 is 0 Å². The molecule has 0 unspecified atom stereocenters. The lowest BCUT2D eigenvalue weighted by molar-refractivity contribution is 0.0741. The Labute approximate surface area is 154 Å². The first kappa shape index (κ1) is 18.0. The van der Waals surface area contributed by atoms with Crippen molar-refractivity contribution in [1.82, 2.24) is 9.88 Å². The number of piperazine rings is 1. The summed E-state index contributed by atoms with van der Waals surface area (Å²) in [6, 6.07) is 12.0. The first-order chi connectivity index (χ1) is 12.6. The topological polar surface area (TPSA) is 57.7 Å². The molecule has 3 rings (SSSR count). The molecule has 0 saturated carbocycles. The summed E-state index contributed by atoms with van der Waals surface area (Å²) >= 11 is 0. The second kappa shape index (κ2) is 8.08. The van der Waals surface area contributed by atoms with E-state index in [1.807, 2.05) is 29.2 Å². The molecule has 0 bridgehead atoms. The fourth-order valence-corrected chi connectivity index (χ4v) is 3.14. The van der Waals surface area contributed by atoms with Crippen LogP contribution >= 0.6 is 0 Å². The summed E-state index contributed by atoms with van der Waals surface area (Å²) in [5, 5.41) is 3.28. The Morgan fingerprint density at radius 1 is 1.12 bits per heavy atom. The summed E-state index contributed by atoms with van der Waals surface area (Å²) in [7, 11) is 1.68. The maximum atomic E-state index is 12.7. The lowest BCUT2D eigenvalue weighted by Crippen LogP contribution is -2.49. The number of rotatable bonds is 5. The second-order valence-corrected chi connectivity index (χ2v) is 6.68. The number of pyridine rings is 1.